The molecule has 0 aliphatic carbocycles. The van der Waals surface area contributed by atoms with Crippen molar-refractivity contribution in [1.29, 1.82) is 0 Å². The smallest absolute Gasteiger partial charge is 0.135 e. The van der Waals surface area contributed by atoms with Crippen LogP contribution in [0.25, 0.3) is 0 Å². The molecule has 1 aromatic heterocycles. The van der Waals surface area contributed by atoms with Gasteiger partial charge in [0.1, 0.15) is 5.78 Å². The maximum Gasteiger partial charge on any atom is 0.135 e. The molecule has 0 fully saturated rings. The van der Waals surface area contributed by atoms with Crippen LogP contribution < -0.4 is 0 Å². The molecule has 0 radical (unpaired) electrons. The average Bonchev–Trinajstić information content (AvgIpc) is 2.51. The predicted molar refractivity (Wildman–Crippen MR) is 56.0 cm³/mol. The third-order valence-corrected chi connectivity index (χ3v) is 2.29. The Morgan fingerprint density at radius 1 is 1.57 bits per heavy atom. The fraction of sp³-hybridized carbons (Fsp3) is 0.636. The number of ketones is 1. The van der Waals surface area contributed by atoms with E-state index in [1.807, 2.05) is 33.3 Å². The van der Waals surface area contributed by atoms with Gasteiger partial charge in [-0.1, -0.05) is 13.8 Å². The quantitative estimate of drug-likeness (QED) is 0.718. The fourth-order valence-corrected chi connectivity index (χ4v) is 1.36. The molecule has 0 aliphatic heterocycles. The highest BCUT2D eigenvalue weighted by atomic mass is 16.1. The largest absolute Gasteiger partial charge is 0.299 e. The summed E-state index contributed by atoms with van der Waals surface area (Å²) >= 11 is 0. The molecule has 3 heteroatoms. The summed E-state index contributed by atoms with van der Waals surface area (Å²) in [5.74, 6) is 0.526. The van der Waals surface area contributed by atoms with Gasteiger partial charge in [-0.05, 0) is 18.4 Å². The van der Waals surface area contributed by atoms with Crippen molar-refractivity contribution >= 4 is 5.78 Å². The second-order valence-electron chi connectivity index (χ2n) is 4.00. The number of rotatable bonds is 5. The molecule has 1 aromatic rings. The number of carbonyl (C=O) groups excluding carboxylic acids is 1. The minimum Gasteiger partial charge on any atom is -0.299 e. The Morgan fingerprint density at radius 3 is 2.79 bits per heavy atom. The first-order chi connectivity index (χ1) is 6.59. The molecule has 1 rings (SSSR count). The number of carbonyl (C=O) groups is 1. The normalized spacial score (nSPS) is 10.9. The highest BCUT2D eigenvalue weighted by Crippen LogP contribution is 2.07. The van der Waals surface area contributed by atoms with Crippen molar-refractivity contribution in [2.75, 3.05) is 0 Å². The summed E-state index contributed by atoms with van der Waals surface area (Å²) in [4.78, 5) is 11.3. The third-order valence-electron chi connectivity index (χ3n) is 2.29. The van der Waals surface area contributed by atoms with Crippen molar-refractivity contribution in [2.24, 2.45) is 13.0 Å². The van der Waals surface area contributed by atoms with Crippen LogP contribution >= 0.6 is 0 Å². The molecular formula is C11H18N2O. The van der Waals surface area contributed by atoms with E-state index in [0.29, 0.717) is 12.2 Å². The highest BCUT2D eigenvalue weighted by molar-refractivity contribution is 5.80. The Hall–Kier alpha value is -1.12. The van der Waals surface area contributed by atoms with E-state index < -0.39 is 0 Å². The van der Waals surface area contributed by atoms with E-state index in [1.165, 1.54) is 5.56 Å². The lowest BCUT2D eigenvalue weighted by molar-refractivity contribution is -0.121. The molecule has 1 heterocycles. The van der Waals surface area contributed by atoms with Gasteiger partial charge in [0.25, 0.3) is 0 Å². The maximum atomic E-state index is 11.3. The molecule has 3 nitrogen and oxygen atoms in total. The lowest BCUT2D eigenvalue weighted by Crippen LogP contribution is -2.06. The van der Waals surface area contributed by atoms with Crippen molar-refractivity contribution in [3.05, 3.63) is 18.0 Å². The fourth-order valence-electron chi connectivity index (χ4n) is 1.36. The first-order valence-corrected chi connectivity index (χ1v) is 5.10. The van der Waals surface area contributed by atoms with Crippen LogP contribution in [0.1, 0.15) is 32.3 Å². The summed E-state index contributed by atoms with van der Waals surface area (Å²) < 4.78 is 1.79. The van der Waals surface area contributed by atoms with Gasteiger partial charge in [0.05, 0.1) is 6.20 Å². The Labute approximate surface area is 85.1 Å². The molecule has 0 amide bonds. The van der Waals surface area contributed by atoms with Crippen LogP contribution in [0.2, 0.25) is 0 Å². The van der Waals surface area contributed by atoms with Crippen molar-refractivity contribution in [1.82, 2.24) is 9.78 Å². The SMILES string of the molecule is CC(C)C(=O)CCCc1cnn(C)c1. The van der Waals surface area contributed by atoms with E-state index in [-0.39, 0.29) is 5.92 Å². The summed E-state index contributed by atoms with van der Waals surface area (Å²) in [6.45, 7) is 3.90. The van der Waals surface area contributed by atoms with Gasteiger partial charge in [-0.3, -0.25) is 9.48 Å². The molecule has 0 atom stereocenters. The minimum absolute atomic E-state index is 0.170. The summed E-state index contributed by atoms with van der Waals surface area (Å²) in [5, 5.41) is 4.08. The lowest BCUT2D eigenvalue weighted by atomic mass is 10.0. The van der Waals surface area contributed by atoms with Crippen LogP contribution in [0.5, 0.6) is 0 Å². The van der Waals surface area contributed by atoms with Gasteiger partial charge in [-0.15, -0.1) is 0 Å². The molecule has 0 saturated carbocycles. The average molecular weight is 194 g/mol. The number of Topliss-reactive ketones (excluding diaryl/α,β-unsaturated/α-hetero) is 1. The van der Waals surface area contributed by atoms with Gasteiger partial charge < -0.3 is 0 Å². The predicted octanol–water partition coefficient (Wildman–Crippen LogP) is 1.97. The van der Waals surface area contributed by atoms with Gasteiger partial charge in [-0.2, -0.15) is 5.10 Å². The summed E-state index contributed by atoms with van der Waals surface area (Å²) in [7, 11) is 1.91. The van der Waals surface area contributed by atoms with Crippen molar-refractivity contribution < 1.29 is 4.79 Å². The van der Waals surface area contributed by atoms with Gasteiger partial charge >= 0.3 is 0 Å². The summed E-state index contributed by atoms with van der Waals surface area (Å²) in [6.07, 6.45) is 6.43. The molecule has 0 unspecified atom stereocenters. The number of hydrogen-bond acceptors (Lipinski definition) is 2. The van der Waals surface area contributed by atoms with Crippen molar-refractivity contribution in [2.45, 2.75) is 33.1 Å². The number of aromatic nitrogens is 2. The van der Waals surface area contributed by atoms with E-state index in [1.54, 1.807) is 4.68 Å². The molecule has 0 saturated heterocycles. The van der Waals surface area contributed by atoms with Crippen molar-refractivity contribution in [3.63, 3.8) is 0 Å². The minimum atomic E-state index is 0.170. The summed E-state index contributed by atoms with van der Waals surface area (Å²) in [5.41, 5.74) is 1.21. The van der Waals surface area contributed by atoms with E-state index in [2.05, 4.69) is 5.10 Å². The molecule has 0 bridgehead atoms. The Kier molecular flexibility index (Phi) is 3.86. The van der Waals surface area contributed by atoms with Crippen LogP contribution in [0.3, 0.4) is 0 Å². The number of nitrogens with zero attached hydrogens (tertiary/aromatic N) is 2. The molecule has 0 aromatic carbocycles. The zero-order chi connectivity index (χ0) is 10.6. The maximum absolute atomic E-state index is 11.3. The Morgan fingerprint density at radius 2 is 2.29 bits per heavy atom. The van der Waals surface area contributed by atoms with Crippen LogP contribution in [-0.2, 0) is 18.3 Å². The molecule has 78 valence electrons. The monoisotopic (exact) mass is 194 g/mol. The van der Waals surface area contributed by atoms with Crippen LogP contribution in [0.15, 0.2) is 12.4 Å². The molecule has 14 heavy (non-hydrogen) atoms. The Balaban J connectivity index is 2.25. The number of hydrogen-bond donors (Lipinski definition) is 0. The molecule has 0 N–H and O–H groups in total. The van der Waals surface area contributed by atoms with Crippen molar-refractivity contribution in [3.8, 4) is 0 Å². The van der Waals surface area contributed by atoms with Crippen LogP contribution in [-0.4, -0.2) is 15.6 Å². The summed E-state index contributed by atoms with van der Waals surface area (Å²) in [6, 6.07) is 0. The molecule has 0 aliphatic rings. The second-order valence-corrected chi connectivity index (χ2v) is 4.00. The van der Waals surface area contributed by atoms with E-state index in [9.17, 15) is 4.79 Å². The Bertz CT molecular complexity index is 302. The lowest BCUT2D eigenvalue weighted by Gasteiger charge is -2.02. The van der Waals surface area contributed by atoms with Gasteiger partial charge in [0.15, 0.2) is 0 Å². The van der Waals surface area contributed by atoms with Gasteiger partial charge in [0, 0.05) is 25.6 Å². The van der Waals surface area contributed by atoms with Gasteiger partial charge in [-0.25, -0.2) is 0 Å². The van der Waals surface area contributed by atoms with E-state index >= 15 is 0 Å². The van der Waals surface area contributed by atoms with E-state index in [0.717, 1.165) is 12.8 Å². The topological polar surface area (TPSA) is 34.9 Å². The first-order valence-electron chi connectivity index (χ1n) is 5.10. The second kappa shape index (κ2) is 4.94. The van der Waals surface area contributed by atoms with E-state index in [4.69, 9.17) is 0 Å². The number of aryl methyl sites for hydroxylation is 2. The van der Waals surface area contributed by atoms with Gasteiger partial charge in [0.2, 0.25) is 0 Å². The van der Waals surface area contributed by atoms with Crippen LogP contribution in [0, 0.1) is 5.92 Å². The zero-order valence-corrected chi connectivity index (χ0v) is 9.16. The standard InChI is InChI=1S/C11H18N2O/c1-9(2)11(14)6-4-5-10-7-12-13(3)8-10/h7-9H,4-6H2,1-3H3. The van der Waals surface area contributed by atoms with Crippen LogP contribution in [0.4, 0.5) is 0 Å². The molecule has 0 spiro atoms. The molecular weight excluding hydrogens is 176 g/mol. The third kappa shape index (κ3) is 3.32. The highest BCUT2D eigenvalue weighted by Gasteiger charge is 2.06. The zero-order valence-electron chi connectivity index (χ0n) is 9.16. The first kappa shape index (κ1) is 11.0.